The van der Waals surface area contributed by atoms with Crippen LogP contribution in [0.25, 0.3) is 21.7 Å². The van der Waals surface area contributed by atoms with Crippen molar-refractivity contribution in [3.05, 3.63) is 52.9 Å². The Morgan fingerprint density at radius 3 is 2.48 bits per heavy atom. The smallest absolute Gasteiger partial charge is 0.344 e. The summed E-state index contributed by atoms with van der Waals surface area (Å²) < 4.78 is 10.8. The number of nitrogens with one attached hydrogen (secondary N) is 1. The van der Waals surface area contributed by atoms with Gasteiger partial charge in [0.15, 0.2) is 6.61 Å². The first kappa shape index (κ1) is 18.4. The summed E-state index contributed by atoms with van der Waals surface area (Å²) in [6.07, 6.45) is 0. The van der Waals surface area contributed by atoms with Crippen LogP contribution in [0.2, 0.25) is 0 Å². The Morgan fingerprint density at radius 1 is 1.11 bits per heavy atom. The quantitative estimate of drug-likeness (QED) is 0.511. The third-order valence-electron chi connectivity index (χ3n) is 4.21. The average Bonchev–Trinajstić information content (AvgIpc) is 2.64. The third kappa shape index (κ3) is 3.92. The van der Waals surface area contributed by atoms with Crippen LogP contribution in [0.4, 0.5) is 0 Å². The van der Waals surface area contributed by atoms with Crippen LogP contribution >= 0.6 is 0 Å². The first-order valence-electron chi connectivity index (χ1n) is 8.47. The summed E-state index contributed by atoms with van der Waals surface area (Å²) in [5, 5.41) is 13.6. The van der Waals surface area contributed by atoms with Crippen molar-refractivity contribution in [3.63, 3.8) is 0 Å². The Kier molecular flexibility index (Phi) is 5.12. The topological polar surface area (TPSA) is 106 Å². The lowest BCUT2D eigenvalue weighted by molar-refractivity contribution is -0.143. The van der Waals surface area contributed by atoms with Gasteiger partial charge in [-0.1, -0.05) is 32.0 Å². The highest BCUT2D eigenvalue weighted by molar-refractivity contribution is 6.04. The standard InChI is InChI=1S/C20H19NO6/c1-11(2)18(19(23)24)21-17(22)10-26-12-7-8-14-13-5-3-4-6-15(13)20(25)27-16(14)9-12/h3-9,11,18H,10H2,1-2H3,(H,21,22)(H,23,24)/t18-/m0/s1. The fraction of sp³-hybridized carbons (Fsp3) is 0.250. The molecule has 7 nitrogen and oxygen atoms in total. The van der Waals surface area contributed by atoms with Gasteiger partial charge in [0.25, 0.3) is 5.91 Å². The van der Waals surface area contributed by atoms with Gasteiger partial charge in [-0.3, -0.25) is 4.79 Å². The van der Waals surface area contributed by atoms with Crippen molar-refractivity contribution in [1.82, 2.24) is 5.32 Å². The molecule has 140 valence electrons. The molecule has 3 aromatic rings. The average molecular weight is 369 g/mol. The van der Waals surface area contributed by atoms with Gasteiger partial charge >= 0.3 is 11.6 Å². The molecule has 1 heterocycles. The lowest BCUT2D eigenvalue weighted by Crippen LogP contribution is -2.46. The second-order valence-corrected chi connectivity index (χ2v) is 6.51. The van der Waals surface area contributed by atoms with Gasteiger partial charge in [-0.25, -0.2) is 9.59 Å². The Hall–Kier alpha value is -3.35. The van der Waals surface area contributed by atoms with Gasteiger partial charge in [-0.2, -0.15) is 0 Å². The second-order valence-electron chi connectivity index (χ2n) is 6.51. The summed E-state index contributed by atoms with van der Waals surface area (Å²) in [5.74, 6) is -1.56. The lowest BCUT2D eigenvalue weighted by atomic mass is 10.1. The molecule has 0 aliphatic rings. The number of rotatable bonds is 6. The number of hydrogen-bond acceptors (Lipinski definition) is 5. The summed E-state index contributed by atoms with van der Waals surface area (Å²) in [4.78, 5) is 35.2. The Bertz CT molecular complexity index is 1070. The number of carbonyl (C=O) groups is 2. The van der Waals surface area contributed by atoms with E-state index in [9.17, 15) is 14.4 Å². The highest BCUT2D eigenvalue weighted by atomic mass is 16.5. The van der Waals surface area contributed by atoms with E-state index in [1.54, 1.807) is 38.1 Å². The van der Waals surface area contributed by atoms with Gasteiger partial charge < -0.3 is 19.6 Å². The fourth-order valence-corrected chi connectivity index (χ4v) is 2.83. The van der Waals surface area contributed by atoms with E-state index < -0.39 is 23.5 Å². The fourth-order valence-electron chi connectivity index (χ4n) is 2.83. The number of fused-ring (bicyclic) bond motifs is 3. The Morgan fingerprint density at radius 2 is 1.81 bits per heavy atom. The molecule has 1 aromatic heterocycles. The molecule has 1 amide bonds. The Balaban J connectivity index is 1.78. The number of benzene rings is 2. The molecule has 0 saturated heterocycles. The minimum atomic E-state index is -1.10. The predicted octanol–water partition coefficient (Wildman–Crippen LogP) is 2.55. The van der Waals surface area contributed by atoms with Crippen LogP contribution in [0, 0.1) is 5.92 Å². The summed E-state index contributed by atoms with van der Waals surface area (Å²) in [7, 11) is 0. The van der Waals surface area contributed by atoms with E-state index in [0.717, 1.165) is 10.8 Å². The second kappa shape index (κ2) is 7.49. The number of carboxylic acid groups (broad SMARTS) is 1. The van der Waals surface area contributed by atoms with Crippen LogP contribution < -0.4 is 15.7 Å². The molecule has 0 saturated carbocycles. The minimum Gasteiger partial charge on any atom is -0.484 e. The first-order valence-corrected chi connectivity index (χ1v) is 8.47. The number of carbonyl (C=O) groups excluding carboxylic acids is 1. The SMILES string of the molecule is CC(C)[C@H](NC(=O)COc1ccc2c(c1)oc(=O)c1ccccc12)C(=O)O. The number of amides is 1. The van der Waals surface area contributed by atoms with Crippen molar-refractivity contribution >= 4 is 33.6 Å². The maximum atomic E-state index is 12.1. The number of carboxylic acids is 1. The normalized spacial score (nSPS) is 12.3. The maximum Gasteiger partial charge on any atom is 0.344 e. The molecule has 0 spiro atoms. The van der Waals surface area contributed by atoms with Crippen molar-refractivity contribution in [3.8, 4) is 5.75 Å². The van der Waals surface area contributed by atoms with Gasteiger partial charge in [0.05, 0.1) is 5.39 Å². The molecule has 0 bridgehead atoms. The molecule has 0 unspecified atom stereocenters. The summed E-state index contributed by atoms with van der Waals surface area (Å²) in [6, 6.07) is 11.1. The zero-order valence-electron chi connectivity index (χ0n) is 14.9. The molecule has 2 aromatic carbocycles. The largest absolute Gasteiger partial charge is 0.484 e. The van der Waals surface area contributed by atoms with E-state index in [1.807, 2.05) is 12.1 Å². The van der Waals surface area contributed by atoms with E-state index in [2.05, 4.69) is 5.32 Å². The summed E-state index contributed by atoms with van der Waals surface area (Å²) in [6.45, 7) is 3.06. The molecule has 2 N–H and O–H groups in total. The van der Waals surface area contributed by atoms with E-state index in [4.69, 9.17) is 14.3 Å². The van der Waals surface area contributed by atoms with Crippen molar-refractivity contribution in [2.45, 2.75) is 19.9 Å². The molecule has 0 aliphatic heterocycles. The van der Waals surface area contributed by atoms with Crippen LogP contribution in [0.15, 0.2) is 51.7 Å². The van der Waals surface area contributed by atoms with Crippen LogP contribution in [-0.4, -0.2) is 29.6 Å². The van der Waals surface area contributed by atoms with Crippen LogP contribution in [0.5, 0.6) is 5.75 Å². The van der Waals surface area contributed by atoms with E-state index in [1.165, 1.54) is 6.07 Å². The zero-order valence-corrected chi connectivity index (χ0v) is 14.9. The van der Waals surface area contributed by atoms with E-state index in [0.29, 0.717) is 16.7 Å². The molecule has 27 heavy (non-hydrogen) atoms. The molecule has 0 radical (unpaired) electrons. The van der Waals surface area contributed by atoms with Crippen LogP contribution in [0.3, 0.4) is 0 Å². The third-order valence-corrected chi connectivity index (χ3v) is 4.21. The van der Waals surface area contributed by atoms with E-state index >= 15 is 0 Å². The van der Waals surface area contributed by atoms with Crippen molar-refractivity contribution in [1.29, 1.82) is 0 Å². The first-order chi connectivity index (χ1) is 12.9. The van der Waals surface area contributed by atoms with Crippen LogP contribution in [-0.2, 0) is 9.59 Å². The van der Waals surface area contributed by atoms with Gasteiger partial charge in [0, 0.05) is 11.5 Å². The van der Waals surface area contributed by atoms with Gasteiger partial charge in [0.1, 0.15) is 17.4 Å². The molecule has 0 fully saturated rings. The Labute approximate surface area is 154 Å². The lowest BCUT2D eigenvalue weighted by Gasteiger charge is -2.18. The summed E-state index contributed by atoms with van der Waals surface area (Å²) in [5.41, 5.74) is -0.101. The van der Waals surface area contributed by atoms with Gasteiger partial charge in [-0.15, -0.1) is 0 Å². The molecule has 1 atom stereocenters. The van der Waals surface area contributed by atoms with E-state index in [-0.39, 0.29) is 12.5 Å². The highest BCUT2D eigenvalue weighted by Gasteiger charge is 2.23. The zero-order chi connectivity index (χ0) is 19.6. The molecular weight excluding hydrogens is 350 g/mol. The molecule has 3 rings (SSSR count). The molecule has 0 aliphatic carbocycles. The molecule has 7 heteroatoms. The highest BCUT2D eigenvalue weighted by Crippen LogP contribution is 2.26. The number of hydrogen-bond donors (Lipinski definition) is 2. The van der Waals surface area contributed by atoms with Crippen LogP contribution in [0.1, 0.15) is 13.8 Å². The molecular formula is C20H19NO6. The van der Waals surface area contributed by atoms with Gasteiger partial charge in [0.2, 0.25) is 0 Å². The number of aliphatic carboxylic acids is 1. The maximum absolute atomic E-state index is 12.1. The summed E-state index contributed by atoms with van der Waals surface area (Å²) >= 11 is 0. The predicted molar refractivity (Wildman–Crippen MR) is 99.9 cm³/mol. The van der Waals surface area contributed by atoms with Crippen molar-refractivity contribution in [2.75, 3.05) is 6.61 Å². The minimum absolute atomic E-state index is 0.255. The van der Waals surface area contributed by atoms with Crippen molar-refractivity contribution in [2.24, 2.45) is 5.92 Å². The number of ether oxygens (including phenoxy) is 1. The monoisotopic (exact) mass is 369 g/mol. The van der Waals surface area contributed by atoms with Crippen molar-refractivity contribution < 1.29 is 23.8 Å². The van der Waals surface area contributed by atoms with Gasteiger partial charge in [-0.05, 0) is 29.5 Å².